The molecule has 1 heterocycles. The van der Waals surface area contributed by atoms with Crippen molar-refractivity contribution in [2.75, 3.05) is 32.1 Å². The smallest absolute Gasteiger partial charge is 0.0366 e. The van der Waals surface area contributed by atoms with Crippen molar-refractivity contribution in [3.05, 3.63) is 29.8 Å². The second-order valence-corrected chi connectivity index (χ2v) is 5.60. The van der Waals surface area contributed by atoms with Gasteiger partial charge in [0.15, 0.2) is 0 Å². The average molecular weight is 246 g/mol. The van der Waals surface area contributed by atoms with E-state index in [0.717, 1.165) is 6.04 Å². The van der Waals surface area contributed by atoms with Gasteiger partial charge < -0.3 is 9.80 Å². The van der Waals surface area contributed by atoms with Gasteiger partial charge in [-0.1, -0.05) is 25.5 Å². The van der Waals surface area contributed by atoms with E-state index in [0.29, 0.717) is 0 Å². The molecule has 1 aliphatic rings. The maximum absolute atomic E-state index is 2.52. The SMILES string of the molecule is CCCc1ccc(N2CCC(N(C)C)CC2)cc1. The first-order valence-corrected chi connectivity index (χ1v) is 7.21. The molecule has 0 saturated carbocycles. The summed E-state index contributed by atoms with van der Waals surface area (Å²) in [4.78, 5) is 4.89. The van der Waals surface area contributed by atoms with Gasteiger partial charge in [0.25, 0.3) is 0 Å². The van der Waals surface area contributed by atoms with Gasteiger partial charge in [-0.05, 0) is 51.1 Å². The molecule has 2 rings (SSSR count). The Kier molecular flexibility index (Phi) is 4.65. The Morgan fingerprint density at radius 1 is 1.11 bits per heavy atom. The van der Waals surface area contributed by atoms with Crippen LogP contribution in [0.4, 0.5) is 5.69 Å². The van der Waals surface area contributed by atoms with Crippen LogP contribution in [-0.2, 0) is 6.42 Å². The minimum Gasteiger partial charge on any atom is -0.371 e. The lowest BCUT2D eigenvalue weighted by Crippen LogP contribution is -2.41. The van der Waals surface area contributed by atoms with E-state index in [2.05, 4.69) is 55.1 Å². The number of hydrogen-bond acceptors (Lipinski definition) is 2. The summed E-state index contributed by atoms with van der Waals surface area (Å²) in [5.74, 6) is 0. The van der Waals surface area contributed by atoms with Crippen LogP contribution in [0.3, 0.4) is 0 Å². The Bertz CT molecular complexity index is 348. The van der Waals surface area contributed by atoms with Crippen LogP contribution >= 0.6 is 0 Å². The molecule has 1 aliphatic heterocycles. The highest BCUT2D eigenvalue weighted by molar-refractivity contribution is 5.48. The van der Waals surface area contributed by atoms with Gasteiger partial charge in [0.05, 0.1) is 0 Å². The van der Waals surface area contributed by atoms with E-state index in [1.165, 1.54) is 50.0 Å². The molecular formula is C16H26N2. The summed E-state index contributed by atoms with van der Waals surface area (Å²) < 4.78 is 0. The molecule has 18 heavy (non-hydrogen) atoms. The van der Waals surface area contributed by atoms with Crippen LogP contribution in [0.1, 0.15) is 31.7 Å². The first-order chi connectivity index (χ1) is 8.70. The molecule has 2 heteroatoms. The largest absolute Gasteiger partial charge is 0.371 e. The van der Waals surface area contributed by atoms with Crippen LogP contribution in [0.5, 0.6) is 0 Å². The first-order valence-electron chi connectivity index (χ1n) is 7.21. The molecule has 2 nitrogen and oxygen atoms in total. The quantitative estimate of drug-likeness (QED) is 0.805. The Balaban J connectivity index is 1.93. The van der Waals surface area contributed by atoms with Crippen molar-refractivity contribution in [3.8, 4) is 0 Å². The molecule has 0 unspecified atom stereocenters. The Morgan fingerprint density at radius 3 is 2.22 bits per heavy atom. The zero-order chi connectivity index (χ0) is 13.0. The zero-order valence-corrected chi connectivity index (χ0v) is 12.0. The molecule has 100 valence electrons. The molecular weight excluding hydrogens is 220 g/mol. The van der Waals surface area contributed by atoms with Gasteiger partial charge in [0.2, 0.25) is 0 Å². The Labute approximate surface area is 112 Å². The number of anilines is 1. The lowest BCUT2D eigenvalue weighted by atomic mass is 10.0. The van der Waals surface area contributed by atoms with E-state index in [1.54, 1.807) is 0 Å². The number of piperidine rings is 1. The predicted octanol–water partition coefficient (Wildman–Crippen LogP) is 3.17. The van der Waals surface area contributed by atoms with E-state index in [9.17, 15) is 0 Å². The van der Waals surface area contributed by atoms with E-state index < -0.39 is 0 Å². The molecule has 0 aromatic heterocycles. The highest BCUT2D eigenvalue weighted by atomic mass is 15.2. The van der Waals surface area contributed by atoms with Crippen molar-refractivity contribution >= 4 is 5.69 Å². The monoisotopic (exact) mass is 246 g/mol. The Hall–Kier alpha value is -1.02. The van der Waals surface area contributed by atoms with Crippen LogP contribution in [0.25, 0.3) is 0 Å². The third-order valence-electron chi connectivity index (χ3n) is 4.03. The number of benzene rings is 1. The topological polar surface area (TPSA) is 6.48 Å². The highest BCUT2D eigenvalue weighted by Crippen LogP contribution is 2.22. The maximum Gasteiger partial charge on any atom is 0.0366 e. The molecule has 1 aromatic rings. The first kappa shape index (κ1) is 13.4. The van der Waals surface area contributed by atoms with Gasteiger partial charge in [-0.15, -0.1) is 0 Å². The minimum atomic E-state index is 0.764. The fourth-order valence-electron chi connectivity index (χ4n) is 2.80. The number of nitrogens with zero attached hydrogens (tertiary/aromatic N) is 2. The standard InChI is InChI=1S/C16H26N2/c1-4-5-14-6-8-16(9-7-14)18-12-10-15(11-13-18)17(2)3/h6-9,15H,4-5,10-13H2,1-3H3. The van der Waals surface area contributed by atoms with Crippen molar-refractivity contribution in [1.82, 2.24) is 4.90 Å². The highest BCUT2D eigenvalue weighted by Gasteiger charge is 2.20. The molecule has 1 saturated heterocycles. The lowest BCUT2D eigenvalue weighted by Gasteiger charge is -2.36. The van der Waals surface area contributed by atoms with E-state index >= 15 is 0 Å². The second kappa shape index (κ2) is 6.24. The van der Waals surface area contributed by atoms with Crippen LogP contribution in [0.2, 0.25) is 0 Å². The van der Waals surface area contributed by atoms with Gasteiger partial charge in [-0.2, -0.15) is 0 Å². The fourth-order valence-corrected chi connectivity index (χ4v) is 2.80. The van der Waals surface area contributed by atoms with Crippen LogP contribution in [0, 0.1) is 0 Å². The number of rotatable bonds is 4. The summed E-state index contributed by atoms with van der Waals surface area (Å²) in [6.45, 7) is 4.62. The van der Waals surface area contributed by atoms with E-state index in [1.807, 2.05) is 0 Å². The minimum absolute atomic E-state index is 0.764. The molecule has 0 bridgehead atoms. The van der Waals surface area contributed by atoms with E-state index in [-0.39, 0.29) is 0 Å². The number of aryl methyl sites for hydroxylation is 1. The number of hydrogen-bond donors (Lipinski definition) is 0. The molecule has 1 aromatic carbocycles. The summed E-state index contributed by atoms with van der Waals surface area (Å²) >= 11 is 0. The van der Waals surface area contributed by atoms with Gasteiger partial charge in [0, 0.05) is 24.8 Å². The third-order valence-corrected chi connectivity index (χ3v) is 4.03. The van der Waals surface area contributed by atoms with Gasteiger partial charge in [0.1, 0.15) is 0 Å². The van der Waals surface area contributed by atoms with Gasteiger partial charge in [-0.25, -0.2) is 0 Å². The van der Waals surface area contributed by atoms with Crippen molar-refractivity contribution in [2.24, 2.45) is 0 Å². The summed E-state index contributed by atoms with van der Waals surface area (Å²) in [6.07, 6.45) is 4.99. The van der Waals surface area contributed by atoms with Crippen molar-refractivity contribution < 1.29 is 0 Å². The third kappa shape index (κ3) is 3.26. The van der Waals surface area contributed by atoms with Crippen molar-refractivity contribution in [1.29, 1.82) is 0 Å². The summed E-state index contributed by atoms with van der Waals surface area (Å²) in [7, 11) is 4.39. The fraction of sp³-hybridized carbons (Fsp3) is 0.625. The average Bonchev–Trinajstić information content (AvgIpc) is 2.40. The second-order valence-electron chi connectivity index (χ2n) is 5.60. The molecule has 1 fully saturated rings. The van der Waals surface area contributed by atoms with Gasteiger partial charge >= 0.3 is 0 Å². The van der Waals surface area contributed by atoms with Crippen molar-refractivity contribution in [2.45, 2.75) is 38.6 Å². The Morgan fingerprint density at radius 2 is 1.72 bits per heavy atom. The summed E-state index contributed by atoms with van der Waals surface area (Å²) in [5.41, 5.74) is 2.86. The van der Waals surface area contributed by atoms with Crippen LogP contribution in [-0.4, -0.2) is 38.1 Å². The normalized spacial score (nSPS) is 17.4. The molecule has 0 spiro atoms. The van der Waals surface area contributed by atoms with Gasteiger partial charge in [-0.3, -0.25) is 0 Å². The predicted molar refractivity (Wildman–Crippen MR) is 79.4 cm³/mol. The van der Waals surface area contributed by atoms with E-state index in [4.69, 9.17) is 0 Å². The lowest BCUT2D eigenvalue weighted by molar-refractivity contribution is 0.249. The maximum atomic E-state index is 2.52. The molecule has 0 amide bonds. The molecule has 0 aliphatic carbocycles. The summed E-state index contributed by atoms with van der Waals surface area (Å²) in [6, 6.07) is 9.93. The zero-order valence-electron chi connectivity index (χ0n) is 12.0. The van der Waals surface area contributed by atoms with Crippen LogP contribution < -0.4 is 4.90 Å². The molecule has 0 atom stereocenters. The van der Waals surface area contributed by atoms with Crippen LogP contribution in [0.15, 0.2) is 24.3 Å². The molecule has 0 radical (unpaired) electrons. The molecule has 0 N–H and O–H groups in total. The summed E-state index contributed by atoms with van der Waals surface area (Å²) in [5, 5.41) is 0. The van der Waals surface area contributed by atoms with Crippen molar-refractivity contribution in [3.63, 3.8) is 0 Å².